The van der Waals surface area contributed by atoms with E-state index < -0.39 is 0 Å². The highest BCUT2D eigenvalue weighted by molar-refractivity contribution is 9.09. The molecule has 1 N–H and O–H groups in total. The van der Waals surface area contributed by atoms with Crippen LogP contribution in [0.4, 0.5) is 0 Å². The van der Waals surface area contributed by atoms with Crippen molar-refractivity contribution < 1.29 is 4.79 Å². The van der Waals surface area contributed by atoms with Gasteiger partial charge in [0.25, 0.3) is 0 Å². The summed E-state index contributed by atoms with van der Waals surface area (Å²) in [7, 11) is 0. The molecule has 1 aliphatic rings. The molecule has 18 heavy (non-hydrogen) atoms. The van der Waals surface area contributed by atoms with E-state index in [4.69, 9.17) is 0 Å². The summed E-state index contributed by atoms with van der Waals surface area (Å²) >= 11 is 5.32. The molecule has 0 fully saturated rings. The number of thiophene rings is 1. The number of hydrogen-bond donors (Lipinski definition) is 1. The molecule has 0 saturated heterocycles. The lowest BCUT2D eigenvalue weighted by Gasteiger charge is -2.21. The monoisotopic (exact) mass is 329 g/mol. The number of fused-ring (bicyclic) bond motifs is 1. The van der Waals surface area contributed by atoms with Crippen LogP contribution in [0, 0.1) is 0 Å². The SMILES string of the molecule is CC(Br)CCCNC(=O)C1CCCc2sccc21. The Balaban J connectivity index is 1.84. The molecule has 0 radical (unpaired) electrons. The zero-order valence-corrected chi connectivity index (χ0v) is 13.1. The Morgan fingerprint density at radius 3 is 3.28 bits per heavy atom. The van der Waals surface area contributed by atoms with Gasteiger partial charge in [-0.25, -0.2) is 0 Å². The van der Waals surface area contributed by atoms with Gasteiger partial charge in [-0.15, -0.1) is 11.3 Å². The maximum absolute atomic E-state index is 12.2. The van der Waals surface area contributed by atoms with Crippen molar-refractivity contribution >= 4 is 33.2 Å². The molecule has 0 aromatic carbocycles. The molecule has 0 spiro atoms. The fourth-order valence-electron chi connectivity index (χ4n) is 2.48. The Kier molecular flexibility index (Phi) is 5.25. The summed E-state index contributed by atoms with van der Waals surface area (Å²) in [6.45, 7) is 2.94. The van der Waals surface area contributed by atoms with Gasteiger partial charge in [0.15, 0.2) is 0 Å². The van der Waals surface area contributed by atoms with E-state index in [9.17, 15) is 4.79 Å². The van der Waals surface area contributed by atoms with Crippen molar-refractivity contribution in [3.63, 3.8) is 0 Å². The van der Waals surface area contributed by atoms with Gasteiger partial charge in [0, 0.05) is 16.2 Å². The Labute approximate surface area is 121 Å². The number of alkyl halides is 1. The average Bonchev–Trinajstić information content (AvgIpc) is 2.82. The van der Waals surface area contributed by atoms with Crippen LogP contribution in [-0.4, -0.2) is 17.3 Å². The average molecular weight is 330 g/mol. The zero-order chi connectivity index (χ0) is 13.0. The molecule has 0 saturated carbocycles. The zero-order valence-electron chi connectivity index (χ0n) is 10.7. The molecular formula is C14H20BrNOS. The highest BCUT2D eigenvalue weighted by Crippen LogP contribution is 2.34. The number of aryl methyl sites for hydroxylation is 1. The molecule has 2 rings (SSSR count). The third-order valence-electron chi connectivity index (χ3n) is 3.45. The van der Waals surface area contributed by atoms with Crippen molar-refractivity contribution in [2.75, 3.05) is 6.54 Å². The summed E-state index contributed by atoms with van der Waals surface area (Å²) in [6.07, 6.45) is 5.45. The molecule has 1 amide bonds. The van der Waals surface area contributed by atoms with Gasteiger partial charge in [0.1, 0.15) is 0 Å². The molecule has 2 atom stereocenters. The second-order valence-corrected chi connectivity index (χ2v) is 7.52. The van der Waals surface area contributed by atoms with E-state index in [-0.39, 0.29) is 11.8 Å². The van der Waals surface area contributed by atoms with Crippen LogP contribution in [-0.2, 0) is 11.2 Å². The number of carbonyl (C=O) groups is 1. The molecule has 0 bridgehead atoms. The number of carbonyl (C=O) groups excluding carboxylic acids is 1. The van der Waals surface area contributed by atoms with Crippen LogP contribution in [0.25, 0.3) is 0 Å². The third kappa shape index (κ3) is 3.58. The number of nitrogens with one attached hydrogen (secondary N) is 1. The van der Waals surface area contributed by atoms with E-state index in [1.165, 1.54) is 10.4 Å². The van der Waals surface area contributed by atoms with E-state index >= 15 is 0 Å². The van der Waals surface area contributed by atoms with E-state index in [1.807, 2.05) is 0 Å². The van der Waals surface area contributed by atoms with E-state index in [0.717, 1.165) is 38.6 Å². The Morgan fingerprint density at radius 1 is 1.67 bits per heavy atom. The number of halogens is 1. The largest absolute Gasteiger partial charge is 0.356 e. The van der Waals surface area contributed by atoms with Gasteiger partial charge in [0.05, 0.1) is 5.92 Å². The first-order valence-electron chi connectivity index (χ1n) is 6.66. The van der Waals surface area contributed by atoms with Crippen LogP contribution in [0.15, 0.2) is 11.4 Å². The van der Waals surface area contributed by atoms with E-state index in [0.29, 0.717) is 4.83 Å². The van der Waals surface area contributed by atoms with Crippen LogP contribution in [0.1, 0.15) is 49.0 Å². The number of hydrogen-bond acceptors (Lipinski definition) is 2. The molecule has 2 unspecified atom stereocenters. The molecule has 0 aliphatic heterocycles. The smallest absolute Gasteiger partial charge is 0.227 e. The molecule has 100 valence electrons. The van der Waals surface area contributed by atoms with Crippen molar-refractivity contribution in [2.45, 2.75) is 49.8 Å². The van der Waals surface area contributed by atoms with E-state index in [2.05, 4.69) is 39.6 Å². The summed E-state index contributed by atoms with van der Waals surface area (Å²) < 4.78 is 0. The Hall–Kier alpha value is -0.350. The lowest BCUT2D eigenvalue weighted by atomic mass is 9.87. The lowest BCUT2D eigenvalue weighted by Crippen LogP contribution is -2.31. The van der Waals surface area contributed by atoms with Gasteiger partial charge in [-0.2, -0.15) is 0 Å². The standard InChI is InChI=1S/C14H20BrNOS/c1-10(15)4-3-8-16-14(17)12-5-2-6-13-11(12)7-9-18-13/h7,9-10,12H,2-6,8H2,1H3,(H,16,17). The minimum atomic E-state index is 0.0985. The van der Waals surface area contributed by atoms with Crippen molar-refractivity contribution in [3.8, 4) is 0 Å². The van der Waals surface area contributed by atoms with Gasteiger partial charge >= 0.3 is 0 Å². The van der Waals surface area contributed by atoms with Gasteiger partial charge in [-0.3, -0.25) is 4.79 Å². The molecule has 1 aromatic rings. The molecule has 2 nitrogen and oxygen atoms in total. The predicted octanol–water partition coefficient (Wildman–Crippen LogP) is 3.85. The van der Waals surface area contributed by atoms with Crippen molar-refractivity contribution in [1.82, 2.24) is 5.32 Å². The highest BCUT2D eigenvalue weighted by atomic mass is 79.9. The summed E-state index contributed by atoms with van der Waals surface area (Å²) in [6, 6.07) is 2.13. The van der Waals surface area contributed by atoms with Crippen LogP contribution in [0.2, 0.25) is 0 Å². The fourth-order valence-corrected chi connectivity index (χ4v) is 3.79. The summed E-state index contributed by atoms with van der Waals surface area (Å²) in [4.78, 5) is 14.1. The maximum atomic E-state index is 12.2. The quantitative estimate of drug-likeness (QED) is 0.645. The highest BCUT2D eigenvalue weighted by Gasteiger charge is 2.26. The molecule has 4 heteroatoms. The second-order valence-electron chi connectivity index (χ2n) is 4.96. The Morgan fingerprint density at radius 2 is 2.50 bits per heavy atom. The van der Waals surface area contributed by atoms with Crippen molar-refractivity contribution in [3.05, 3.63) is 21.9 Å². The van der Waals surface area contributed by atoms with Crippen LogP contribution >= 0.6 is 27.3 Å². The topological polar surface area (TPSA) is 29.1 Å². The first-order chi connectivity index (χ1) is 8.68. The number of amides is 1. The predicted molar refractivity (Wildman–Crippen MR) is 80.6 cm³/mol. The summed E-state index contributed by atoms with van der Waals surface area (Å²) in [5, 5.41) is 5.20. The fraction of sp³-hybridized carbons (Fsp3) is 0.643. The minimum absolute atomic E-state index is 0.0985. The maximum Gasteiger partial charge on any atom is 0.227 e. The molecule has 1 aliphatic carbocycles. The first-order valence-corrected chi connectivity index (χ1v) is 8.46. The van der Waals surface area contributed by atoms with Crippen LogP contribution < -0.4 is 5.32 Å². The molecule has 1 aromatic heterocycles. The van der Waals surface area contributed by atoms with Crippen LogP contribution in [0.5, 0.6) is 0 Å². The van der Waals surface area contributed by atoms with Crippen LogP contribution in [0.3, 0.4) is 0 Å². The lowest BCUT2D eigenvalue weighted by molar-refractivity contribution is -0.122. The van der Waals surface area contributed by atoms with Gasteiger partial charge < -0.3 is 5.32 Å². The van der Waals surface area contributed by atoms with Crippen molar-refractivity contribution in [1.29, 1.82) is 0 Å². The second kappa shape index (κ2) is 6.71. The van der Waals surface area contributed by atoms with Gasteiger partial charge in [0.2, 0.25) is 5.91 Å². The third-order valence-corrected chi connectivity index (χ3v) is 4.90. The van der Waals surface area contributed by atoms with E-state index in [1.54, 1.807) is 11.3 Å². The van der Waals surface area contributed by atoms with Crippen molar-refractivity contribution in [2.24, 2.45) is 0 Å². The molecule has 1 heterocycles. The summed E-state index contributed by atoms with van der Waals surface area (Å²) in [5.74, 6) is 0.318. The minimum Gasteiger partial charge on any atom is -0.356 e. The molecular weight excluding hydrogens is 310 g/mol. The summed E-state index contributed by atoms with van der Waals surface area (Å²) in [5.41, 5.74) is 1.28. The first kappa shape index (κ1) is 14.1. The number of rotatable bonds is 5. The Bertz CT molecular complexity index is 402. The van der Waals surface area contributed by atoms with Gasteiger partial charge in [-0.1, -0.05) is 22.9 Å². The normalized spacial score (nSPS) is 20.2. The van der Waals surface area contributed by atoms with Gasteiger partial charge in [-0.05, 0) is 49.1 Å².